The van der Waals surface area contributed by atoms with E-state index in [4.69, 9.17) is 0 Å². The number of carbonyl (C=O) groups excluding carboxylic acids is 2. The highest BCUT2D eigenvalue weighted by atomic mass is 127. The van der Waals surface area contributed by atoms with Gasteiger partial charge < -0.3 is 25.2 Å². The highest BCUT2D eigenvalue weighted by molar-refractivity contribution is 14.1. The van der Waals surface area contributed by atoms with Gasteiger partial charge in [0.25, 0.3) is 11.8 Å². The molecule has 176 valence electrons. The average molecular weight is 572 g/mol. The Labute approximate surface area is 202 Å². The maximum absolute atomic E-state index is 14.1. The summed E-state index contributed by atoms with van der Waals surface area (Å²) in [5.74, 6) is -3.56. The summed E-state index contributed by atoms with van der Waals surface area (Å²) in [5.41, 5.74) is -0.931. The molecule has 3 heterocycles. The number of rotatable bonds is 6. The topological polar surface area (TPSA) is 104 Å². The third kappa shape index (κ3) is 3.90. The Kier molecular flexibility index (Phi) is 6.45. The number of hydrogen-bond acceptors (Lipinski definition) is 5. The van der Waals surface area contributed by atoms with Gasteiger partial charge in [0.1, 0.15) is 17.2 Å². The van der Waals surface area contributed by atoms with Crippen molar-refractivity contribution in [1.82, 2.24) is 20.1 Å². The summed E-state index contributed by atoms with van der Waals surface area (Å²) in [5, 5.41) is 16.4. The van der Waals surface area contributed by atoms with Gasteiger partial charge in [0, 0.05) is 34.8 Å². The standard InChI is InChI=1S/C22H23F2IN4O4/c1-3-26-15-6-11-9-28(4-2)22(33)18-20(31)19(30)16(17(15)29(11)18)21(32)27-8-10-5-14(25)13(24)7-12(10)23/h5,7,11,15,26,31H,3-4,6,8-9H2,1-2H3,(H,27,32)/t11?,15-/m0/s1. The maximum Gasteiger partial charge on any atom is 0.274 e. The Morgan fingerprint density at radius 1 is 1.24 bits per heavy atom. The van der Waals surface area contributed by atoms with Crippen LogP contribution in [0.15, 0.2) is 16.9 Å². The lowest BCUT2D eigenvalue weighted by Crippen LogP contribution is -2.44. The molecule has 0 aliphatic carbocycles. The second-order valence-corrected chi connectivity index (χ2v) is 9.20. The zero-order valence-electron chi connectivity index (χ0n) is 18.0. The van der Waals surface area contributed by atoms with E-state index in [1.54, 1.807) is 32.1 Å². The predicted molar refractivity (Wildman–Crippen MR) is 124 cm³/mol. The first kappa shape index (κ1) is 23.6. The van der Waals surface area contributed by atoms with E-state index in [2.05, 4.69) is 10.6 Å². The SMILES string of the molecule is CCN[C@H]1CC2CN(CC)C(=O)c3c(O)c(=O)c(C(=O)NCc4cc(I)c(F)cc4F)c1n32. The number of nitrogens with one attached hydrogen (secondary N) is 2. The van der Waals surface area contributed by atoms with Crippen LogP contribution in [-0.2, 0) is 6.54 Å². The third-order valence-electron chi connectivity index (χ3n) is 6.13. The zero-order chi connectivity index (χ0) is 24.0. The number of hydrogen-bond donors (Lipinski definition) is 3. The number of aromatic nitrogens is 1. The number of halogens is 3. The lowest BCUT2D eigenvalue weighted by Gasteiger charge is -2.33. The summed E-state index contributed by atoms with van der Waals surface area (Å²) in [6.45, 7) is 4.82. The van der Waals surface area contributed by atoms with E-state index in [9.17, 15) is 28.3 Å². The van der Waals surface area contributed by atoms with Gasteiger partial charge in [0.05, 0.1) is 17.8 Å². The van der Waals surface area contributed by atoms with Crippen molar-refractivity contribution in [2.75, 3.05) is 19.6 Å². The molecular weight excluding hydrogens is 549 g/mol. The summed E-state index contributed by atoms with van der Waals surface area (Å²) in [6, 6.07) is 1.43. The molecule has 11 heteroatoms. The molecule has 1 aromatic heterocycles. The molecule has 0 spiro atoms. The van der Waals surface area contributed by atoms with Gasteiger partial charge in [-0.1, -0.05) is 6.92 Å². The summed E-state index contributed by atoms with van der Waals surface area (Å²) < 4.78 is 29.5. The predicted octanol–water partition coefficient (Wildman–Crippen LogP) is 2.44. The lowest BCUT2D eigenvalue weighted by atomic mass is 10.0. The molecule has 1 aromatic carbocycles. The van der Waals surface area contributed by atoms with Gasteiger partial charge in [0.2, 0.25) is 5.43 Å². The van der Waals surface area contributed by atoms with E-state index in [0.717, 1.165) is 6.07 Å². The van der Waals surface area contributed by atoms with Gasteiger partial charge in [-0.15, -0.1) is 0 Å². The average Bonchev–Trinajstić information content (AvgIpc) is 3.12. The molecular formula is C22H23F2IN4O4. The van der Waals surface area contributed by atoms with Crippen molar-refractivity contribution in [3.05, 3.63) is 60.1 Å². The van der Waals surface area contributed by atoms with Crippen molar-refractivity contribution in [2.24, 2.45) is 0 Å². The molecule has 8 nitrogen and oxygen atoms in total. The summed E-state index contributed by atoms with van der Waals surface area (Å²) >= 11 is 1.72. The van der Waals surface area contributed by atoms with Crippen molar-refractivity contribution >= 4 is 34.4 Å². The van der Waals surface area contributed by atoms with Crippen LogP contribution in [0.2, 0.25) is 0 Å². The summed E-state index contributed by atoms with van der Waals surface area (Å²) in [7, 11) is 0. The Morgan fingerprint density at radius 2 is 1.97 bits per heavy atom. The van der Waals surface area contributed by atoms with Crippen LogP contribution in [-0.4, -0.2) is 46.0 Å². The molecule has 33 heavy (non-hydrogen) atoms. The molecule has 2 amide bonds. The zero-order valence-corrected chi connectivity index (χ0v) is 20.2. The smallest absolute Gasteiger partial charge is 0.274 e. The van der Waals surface area contributed by atoms with Crippen LogP contribution in [0.4, 0.5) is 8.78 Å². The Bertz CT molecular complexity index is 1220. The second kappa shape index (κ2) is 9.01. The van der Waals surface area contributed by atoms with Crippen LogP contribution in [0.25, 0.3) is 0 Å². The first-order chi connectivity index (χ1) is 15.7. The maximum atomic E-state index is 14.1. The largest absolute Gasteiger partial charge is 0.503 e. The fraction of sp³-hybridized carbons (Fsp3) is 0.409. The lowest BCUT2D eigenvalue weighted by molar-refractivity contribution is 0.0675. The van der Waals surface area contributed by atoms with Gasteiger partial charge in [0.15, 0.2) is 11.4 Å². The Hall–Kier alpha value is -2.54. The molecule has 1 unspecified atom stereocenters. The highest BCUT2D eigenvalue weighted by Gasteiger charge is 2.44. The van der Waals surface area contributed by atoms with E-state index in [1.807, 2.05) is 13.8 Å². The minimum atomic E-state index is -0.947. The first-order valence-electron chi connectivity index (χ1n) is 10.6. The highest BCUT2D eigenvalue weighted by Crippen LogP contribution is 2.42. The monoisotopic (exact) mass is 572 g/mol. The molecule has 0 fully saturated rings. The van der Waals surface area contributed by atoms with Crippen molar-refractivity contribution in [3.8, 4) is 5.75 Å². The quantitative estimate of drug-likeness (QED) is 0.365. The minimum absolute atomic E-state index is 0.0581. The Balaban J connectivity index is 1.78. The van der Waals surface area contributed by atoms with E-state index in [0.29, 0.717) is 31.7 Å². The van der Waals surface area contributed by atoms with E-state index in [1.165, 1.54) is 6.07 Å². The van der Waals surface area contributed by atoms with Gasteiger partial charge in [-0.05, 0) is 48.5 Å². The van der Waals surface area contributed by atoms with Crippen LogP contribution < -0.4 is 16.1 Å². The number of pyridine rings is 1. The first-order valence-corrected chi connectivity index (χ1v) is 11.7. The van der Waals surface area contributed by atoms with Gasteiger partial charge >= 0.3 is 0 Å². The van der Waals surface area contributed by atoms with E-state index >= 15 is 0 Å². The molecule has 2 atom stereocenters. The van der Waals surface area contributed by atoms with Crippen LogP contribution >= 0.6 is 22.6 Å². The molecule has 0 saturated heterocycles. The van der Waals surface area contributed by atoms with Crippen LogP contribution in [0, 0.1) is 15.2 Å². The molecule has 0 saturated carbocycles. The van der Waals surface area contributed by atoms with Crippen molar-refractivity contribution in [1.29, 1.82) is 0 Å². The molecule has 2 aliphatic rings. The van der Waals surface area contributed by atoms with Crippen LogP contribution in [0.5, 0.6) is 5.75 Å². The number of benzene rings is 1. The van der Waals surface area contributed by atoms with Crippen molar-refractivity contribution < 1.29 is 23.5 Å². The number of amides is 2. The minimum Gasteiger partial charge on any atom is -0.503 e. The van der Waals surface area contributed by atoms with Crippen LogP contribution in [0.3, 0.4) is 0 Å². The fourth-order valence-corrected chi connectivity index (χ4v) is 5.17. The molecule has 3 N–H and O–H groups in total. The van der Waals surface area contributed by atoms with Gasteiger partial charge in [-0.25, -0.2) is 8.78 Å². The normalized spacial score (nSPS) is 19.1. The Morgan fingerprint density at radius 3 is 2.64 bits per heavy atom. The van der Waals surface area contributed by atoms with E-state index in [-0.39, 0.29) is 39.0 Å². The van der Waals surface area contributed by atoms with Gasteiger partial charge in [-0.3, -0.25) is 14.4 Å². The van der Waals surface area contributed by atoms with E-state index < -0.39 is 34.6 Å². The van der Waals surface area contributed by atoms with Gasteiger partial charge in [-0.2, -0.15) is 0 Å². The molecule has 0 radical (unpaired) electrons. The fourth-order valence-electron chi connectivity index (χ4n) is 4.64. The molecule has 2 aromatic rings. The number of carbonyl (C=O) groups is 2. The third-order valence-corrected chi connectivity index (χ3v) is 6.96. The second-order valence-electron chi connectivity index (χ2n) is 8.04. The van der Waals surface area contributed by atoms with Crippen molar-refractivity contribution in [3.63, 3.8) is 0 Å². The van der Waals surface area contributed by atoms with Crippen LogP contribution in [0.1, 0.15) is 64.5 Å². The molecule has 4 rings (SSSR count). The number of likely N-dealkylation sites (N-methyl/N-ethyl adjacent to an activating group) is 1. The molecule has 0 bridgehead atoms. The van der Waals surface area contributed by atoms with Crippen molar-refractivity contribution in [2.45, 2.75) is 38.9 Å². The number of aromatic hydroxyl groups is 1. The summed E-state index contributed by atoms with van der Waals surface area (Å²) in [6.07, 6.45) is 0.540. The number of nitrogens with zero attached hydrogens (tertiary/aromatic N) is 2. The summed E-state index contributed by atoms with van der Waals surface area (Å²) in [4.78, 5) is 40.7. The molecule has 2 aliphatic heterocycles.